The first kappa shape index (κ1) is 16.7. The molecular formula is C10H20N2O5S. The van der Waals surface area contributed by atoms with Crippen molar-refractivity contribution in [3.63, 3.8) is 0 Å². The summed E-state index contributed by atoms with van der Waals surface area (Å²) < 4.78 is 22.1. The maximum atomic E-state index is 11.7. The first-order chi connectivity index (χ1) is 7.88. The molecule has 0 radical (unpaired) electrons. The predicted molar refractivity (Wildman–Crippen MR) is 67.2 cm³/mol. The second-order valence-electron chi connectivity index (χ2n) is 4.87. The lowest BCUT2D eigenvalue weighted by Gasteiger charge is -2.32. The van der Waals surface area contributed by atoms with E-state index in [0.29, 0.717) is 0 Å². The van der Waals surface area contributed by atoms with Crippen LogP contribution in [-0.2, 0) is 14.6 Å². The van der Waals surface area contributed by atoms with Gasteiger partial charge in [0.15, 0.2) is 0 Å². The highest BCUT2D eigenvalue weighted by molar-refractivity contribution is 7.90. The third-order valence-corrected chi connectivity index (χ3v) is 3.69. The zero-order chi connectivity index (χ0) is 14.7. The average Bonchev–Trinajstić information content (AvgIpc) is 2.12. The van der Waals surface area contributed by atoms with E-state index in [9.17, 15) is 18.0 Å². The summed E-state index contributed by atoms with van der Waals surface area (Å²) in [4.78, 5) is 23.7. The van der Waals surface area contributed by atoms with Crippen molar-refractivity contribution in [3.05, 3.63) is 0 Å². The molecular weight excluding hydrogens is 260 g/mol. The van der Waals surface area contributed by atoms with Gasteiger partial charge in [-0.3, -0.25) is 0 Å². The highest BCUT2D eigenvalue weighted by atomic mass is 32.2. The molecule has 0 bridgehead atoms. The van der Waals surface area contributed by atoms with Crippen LogP contribution in [0.4, 0.5) is 4.79 Å². The Labute approximate surface area is 107 Å². The number of carboxylic acid groups (broad SMARTS) is 1. The summed E-state index contributed by atoms with van der Waals surface area (Å²) >= 11 is 0. The molecule has 106 valence electrons. The van der Waals surface area contributed by atoms with Crippen LogP contribution >= 0.6 is 0 Å². The normalized spacial score (nSPS) is 13.8. The van der Waals surface area contributed by atoms with E-state index >= 15 is 0 Å². The summed E-state index contributed by atoms with van der Waals surface area (Å²) in [6.07, 6.45) is 1.07. The van der Waals surface area contributed by atoms with Gasteiger partial charge in [-0.15, -0.1) is 0 Å². The van der Waals surface area contributed by atoms with Gasteiger partial charge in [0.2, 0.25) is 0 Å². The zero-order valence-corrected chi connectivity index (χ0v) is 12.0. The minimum absolute atomic E-state index is 0.194. The molecule has 7 nitrogen and oxygen atoms in total. The molecule has 0 fully saturated rings. The van der Waals surface area contributed by atoms with Crippen molar-refractivity contribution < 1.29 is 23.1 Å². The number of nitrogens with zero attached hydrogens (tertiary/aromatic N) is 1. The second kappa shape index (κ2) is 5.55. The van der Waals surface area contributed by atoms with Crippen LogP contribution in [0.2, 0.25) is 0 Å². The van der Waals surface area contributed by atoms with E-state index in [1.807, 2.05) is 0 Å². The van der Waals surface area contributed by atoms with E-state index in [-0.39, 0.29) is 5.75 Å². The minimum atomic E-state index is -3.20. The van der Waals surface area contributed by atoms with Crippen molar-refractivity contribution >= 4 is 21.8 Å². The quantitative estimate of drug-likeness (QED) is 0.733. The molecule has 0 spiro atoms. The van der Waals surface area contributed by atoms with Crippen molar-refractivity contribution in [2.75, 3.05) is 19.1 Å². The maximum Gasteiger partial charge on any atom is 0.329 e. The molecule has 0 heterocycles. The molecule has 0 saturated heterocycles. The minimum Gasteiger partial charge on any atom is -0.480 e. The van der Waals surface area contributed by atoms with Crippen LogP contribution in [0.25, 0.3) is 0 Å². The van der Waals surface area contributed by atoms with E-state index in [2.05, 4.69) is 5.32 Å². The third-order valence-electron chi connectivity index (χ3n) is 2.59. The molecule has 2 N–H and O–H groups in total. The fourth-order valence-corrected chi connectivity index (χ4v) is 2.19. The van der Waals surface area contributed by atoms with E-state index in [1.165, 1.54) is 20.9 Å². The molecule has 0 aromatic heterocycles. The van der Waals surface area contributed by atoms with Crippen LogP contribution < -0.4 is 5.32 Å². The van der Waals surface area contributed by atoms with Gasteiger partial charge >= 0.3 is 12.0 Å². The summed E-state index contributed by atoms with van der Waals surface area (Å²) in [5.74, 6) is -1.34. The number of sulfone groups is 1. The Morgan fingerprint density at radius 2 is 1.83 bits per heavy atom. The Morgan fingerprint density at radius 3 is 2.17 bits per heavy atom. The second-order valence-corrected chi connectivity index (χ2v) is 7.05. The maximum absolute atomic E-state index is 11.7. The Morgan fingerprint density at radius 1 is 1.39 bits per heavy atom. The fraction of sp³-hybridized carbons (Fsp3) is 0.800. The molecule has 0 rings (SSSR count). The highest BCUT2D eigenvalue weighted by Gasteiger charge is 2.35. The van der Waals surface area contributed by atoms with Crippen LogP contribution in [-0.4, -0.2) is 61.1 Å². The molecule has 2 amide bonds. The van der Waals surface area contributed by atoms with Gasteiger partial charge in [0.05, 0.1) is 5.75 Å². The van der Waals surface area contributed by atoms with E-state index < -0.39 is 33.4 Å². The van der Waals surface area contributed by atoms with Crippen LogP contribution in [0.5, 0.6) is 0 Å². The van der Waals surface area contributed by atoms with E-state index in [1.54, 1.807) is 6.92 Å². The molecule has 0 aromatic rings. The molecule has 1 atom stereocenters. The first-order valence-electron chi connectivity index (χ1n) is 5.33. The smallest absolute Gasteiger partial charge is 0.329 e. The van der Waals surface area contributed by atoms with Gasteiger partial charge in [-0.2, -0.15) is 0 Å². The van der Waals surface area contributed by atoms with Gasteiger partial charge < -0.3 is 15.3 Å². The summed E-state index contributed by atoms with van der Waals surface area (Å²) in [5, 5.41) is 11.4. The topological polar surface area (TPSA) is 104 Å². The number of nitrogens with one attached hydrogen (secondary N) is 1. The van der Waals surface area contributed by atoms with Gasteiger partial charge in [-0.1, -0.05) is 0 Å². The van der Waals surface area contributed by atoms with Crippen LogP contribution in [0, 0.1) is 0 Å². The lowest BCUT2D eigenvalue weighted by atomic mass is 10.1. The van der Waals surface area contributed by atoms with Crippen molar-refractivity contribution in [2.45, 2.75) is 32.4 Å². The van der Waals surface area contributed by atoms with E-state index in [4.69, 9.17) is 5.11 Å². The van der Waals surface area contributed by atoms with Crippen molar-refractivity contribution in [1.29, 1.82) is 0 Å². The number of carbonyl (C=O) groups is 2. The SMILES string of the molecule is CC(CS(C)(=O)=O)NC(=O)N(C)C(C)(C)C(=O)O. The van der Waals surface area contributed by atoms with Crippen molar-refractivity contribution in [3.8, 4) is 0 Å². The Kier molecular flexibility index (Phi) is 5.15. The number of carboxylic acids is 1. The molecule has 1 unspecified atom stereocenters. The standard InChI is InChI=1S/C10H20N2O5S/c1-7(6-18(5,16)17)11-9(15)12(4)10(2,3)8(13)14/h7H,6H2,1-5H3,(H,11,15)(H,13,14). The fourth-order valence-electron chi connectivity index (χ4n) is 1.20. The summed E-state index contributed by atoms with van der Waals surface area (Å²) in [6.45, 7) is 4.31. The van der Waals surface area contributed by atoms with Crippen molar-refractivity contribution in [1.82, 2.24) is 10.2 Å². The average molecular weight is 280 g/mol. The van der Waals surface area contributed by atoms with Crippen LogP contribution in [0.3, 0.4) is 0 Å². The van der Waals surface area contributed by atoms with Crippen molar-refractivity contribution in [2.24, 2.45) is 0 Å². The van der Waals surface area contributed by atoms with E-state index in [0.717, 1.165) is 11.2 Å². The molecule has 18 heavy (non-hydrogen) atoms. The van der Waals surface area contributed by atoms with Gasteiger partial charge in [0.25, 0.3) is 0 Å². The number of hydrogen-bond acceptors (Lipinski definition) is 4. The molecule has 0 aromatic carbocycles. The molecule has 8 heteroatoms. The number of likely N-dealkylation sites (N-methyl/N-ethyl adjacent to an activating group) is 1. The molecule has 0 aliphatic heterocycles. The predicted octanol–water partition coefficient (Wildman–Crippen LogP) is -0.0759. The summed E-state index contributed by atoms with van der Waals surface area (Å²) in [7, 11) is -1.85. The van der Waals surface area contributed by atoms with Gasteiger partial charge in [-0.25, -0.2) is 18.0 Å². The lowest BCUT2D eigenvalue weighted by Crippen LogP contribution is -2.56. The number of aliphatic carboxylic acids is 1. The van der Waals surface area contributed by atoms with Crippen LogP contribution in [0.1, 0.15) is 20.8 Å². The molecule has 0 aliphatic rings. The highest BCUT2D eigenvalue weighted by Crippen LogP contribution is 2.12. The monoisotopic (exact) mass is 280 g/mol. The third kappa shape index (κ3) is 4.91. The molecule has 0 aliphatic carbocycles. The van der Waals surface area contributed by atoms with Gasteiger partial charge in [0.1, 0.15) is 15.4 Å². The largest absolute Gasteiger partial charge is 0.480 e. The van der Waals surface area contributed by atoms with Gasteiger partial charge in [0, 0.05) is 19.3 Å². The summed E-state index contributed by atoms with van der Waals surface area (Å²) in [5.41, 5.74) is -1.37. The number of carbonyl (C=O) groups excluding carboxylic acids is 1. The number of hydrogen-bond donors (Lipinski definition) is 2. The number of amides is 2. The van der Waals surface area contributed by atoms with Crippen LogP contribution in [0.15, 0.2) is 0 Å². The Bertz CT molecular complexity index is 430. The Balaban J connectivity index is 4.65. The zero-order valence-electron chi connectivity index (χ0n) is 11.2. The Hall–Kier alpha value is -1.31. The number of urea groups is 1. The van der Waals surface area contributed by atoms with Gasteiger partial charge in [-0.05, 0) is 20.8 Å². The summed E-state index contributed by atoms with van der Waals surface area (Å²) in [6, 6.07) is -1.21. The number of rotatable bonds is 5. The first-order valence-corrected chi connectivity index (χ1v) is 7.39. The lowest BCUT2D eigenvalue weighted by molar-refractivity contribution is -0.146. The molecule has 0 saturated carbocycles.